The van der Waals surface area contributed by atoms with Crippen molar-refractivity contribution in [3.05, 3.63) is 22.9 Å². The van der Waals surface area contributed by atoms with Crippen molar-refractivity contribution in [1.82, 2.24) is 4.98 Å². The lowest BCUT2D eigenvalue weighted by molar-refractivity contribution is 0.160. The second kappa shape index (κ2) is 4.00. The number of aromatic nitrogens is 1. The van der Waals surface area contributed by atoms with Gasteiger partial charge in [-0.05, 0) is 34.8 Å². The molecule has 4 heteroatoms. The number of halogens is 1. The van der Waals surface area contributed by atoms with Gasteiger partial charge in [-0.25, -0.2) is 0 Å². The van der Waals surface area contributed by atoms with Gasteiger partial charge in [0, 0.05) is 35.8 Å². The van der Waals surface area contributed by atoms with E-state index in [9.17, 15) is 0 Å². The van der Waals surface area contributed by atoms with Crippen LogP contribution in [0.15, 0.2) is 22.9 Å². The van der Waals surface area contributed by atoms with Crippen LogP contribution >= 0.6 is 15.9 Å². The number of rotatable bonds is 1. The Morgan fingerprint density at radius 3 is 3.06 bits per heavy atom. The largest absolute Gasteiger partial charge is 0.381 e. The van der Waals surface area contributed by atoms with Crippen molar-refractivity contribution in [2.45, 2.75) is 12.8 Å². The Hall–Kier alpha value is -0.610. The zero-order valence-electron chi connectivity index (χ0n) is 9.16. The molecule has 0 amide bonds. The van der Waals surface area contributed by atoms with Crippen molar-refractivity contribution in [2.24, 2.45) is 5.41 Å². The van der Waals surface area contributed by atoms with E-state index >= 15 is 0 Å². The lowest BCUT2D eigenvalue weighted by atomic mass is 9.87. The Balaban J connectivity index is 1.78. The molecule has 16 heavy (non-hydrogen) atoms. The first-order chi connectivity index (χ1) is 7.77. The Kier molecular flexibility index (Phi) is 2.64. The molecular weight excluding hydrogens is 268 g/mol. The van der Waals surface area contributed by atoms with Gasteiger partial charge < -0.3 is 9.64 Å². The van der Waals surface area contributed by atoms with Crippen LogP contribution in [0, 0.1) is 5.41 Å². The molecule has 3 rings (SSSR count). The normalized spacial score (nSPS) is 29.2. The third-order valence-electron chi connectivity index (χ3n) is 3.68. The quantitative estimate of drug-likeness (QED) is 0.791. The average molecular weight is 283 g/mol. The number of anilines is 1. The number of hydrogen-bond donors (Lipinski definition) is 0. The molecule has 0 aromatic carbocycles. The van der Waals surface area contributed by atoms with E-state index in [0.29, 0.717) is 5.41 Å². The minimum atomic E-state index is 0.419. The summed E-state index contributed by atoms with van der Waals surface area (Å²) >= 11 is 3.47. The van der Waals surface area contributed by atoms with Gasteiger partial charge in [0.1, 0.15) is 0 Å². The van der Waals surface area contributed by atoms with Gasteiger partial charge in [-0.3, -0.25) is 4.98 Å². The summed E-state index contributed by atoms with van der Waals surface area (Å²) in [6, 6.07) is 2.14. The molecule has 2 saturated heterocycles. The predicted octanol–water partition coefficient (Wildman–Crippen LogP) is 2.46. The Bertz CT molecular complexity index is 390. The predicted molar refractivity (Wildman–Crippen MR) is 66.6 cm³/mol. The molecule has 2 aliphatic heterocycles. The van der Waals surface area contributed by atoms with Crippen LogP contribution in [0.5, 0.6) is 0 Å². The summed E-state index contributed by atoms with van der Waals surface area (Å²) in [4.78, 5) is 6.65. The summed E-state index contributed by atoms with van der Waals surface area (Å²) < 4.78 is 6.59. The van der Waals surface area contributed by atoms with Crippen LogP contribution in [0.2, 0.25) is 0 Å². The van der Waals surface area contributed by atoms with E-state index in [1.807, 2.05) is 12.4 Å². The molecule has 2 aliphatic rings. The van der Waals surface area contributed by atoms with Crippen molar-refractivity contribution >= 4 is 21.6 Å². The SMILES string of the molecule is Brc1cncc(N2CCC3(CCOC3)C2)c1. The van der Waals surface area contributed by atoms with E-state index in [1.165, 1.54) is 18.5 Å². The van der Waals surface area contributed by atoms with Crippen LogP contribution in [-0.4, -0.2) is 31.3 Å². The van der Waals surface area contributed by atoms with Crippen LogP contribution in [0.25, 0.3) is 0 Å². The third-order valence-corrected chi connectivity index (χ3v) is 4.11. The maximum Gasteiger partial charge on any atom is 0.0564 e. The summed E-state index contributed by atoms with van der Waals surface area (Å²) in [5.41, 5.74) is 1.64. The van der Waals surface area contributed by atoms with Crippen molar-refractivity contribution < 1.29 is 4.74 Å². The number of nitrogens with zero attached hydrogens (tertiary/aromatic N) is 2. The highest BCUT2D eigenvalue weighted by Gasteiger charge is 2.41. The fourth-order valence-corrected chi connectivity index (χ4v) is 3.05. The lowest BCUT2D eigenvalue weighted by Gasteiger charge is -2.23. The van der Waals surface area contributed by atoms with Crippen molar-refractivity contribution in [1.29, 1.82) is 0 Å². The zero-order valence-corrected chi connectivity index (χ0v) is 10.7. The summed E-state index contributed by atoms with van der Waals surface area (Å²) in [6.07, 6.45) is 6.23. The fraction of sp³-hybridized carbons (Fsp3) is 0.583. The molecule has 0 radical (unpaired) electrons. The van der Waals surface area contributed by atoms with Gasteiger partial charge in [0.2, 0.25) is 0 Å². The first-order valence-electron chi connectivity index (χ1n) is 5.71. The topological polar surface area (TPSA) is 25.4 Å². The maximum atomic E-state index is 5.54. The summed E-state index contributed by atoms with van der Waals surface area (Å²) in [5, 5.41) is 0. The molecular formula is C12H15BrN2O. The minimum Gasteiger partial charge on any atom is -0.381 e. The molecule has 1 unspecified atom stereocenters. The lowest BCUT2D eigenvalue weighted by Crippen LogP contribution is -2.27. The molecule has 1 aromatic rings. The molecule has 2 fully saturated rings. The molecule has 1 spiro atoms. The van der Waals surface area contributed by atoms with Gasteiger partial charge in [0.25, 0.3) is 0 Å². The van der Waals surface area contributed by atoms with Crippen molar-refractivity contribution in [3.63, 3.8) is 0 Å². The maximum absolute atomic E-state index is 5.54. The highest BCUT2D eigenvalue weighted by atomic mass is 79.9. The third kappa shape index (κ3) is 1.84. The van der Waals surface area contributed by atoms with E-state index in [0.717, 1.165) is 30.8 Å². The monoisotopic (exact) mass is 282 g/mol. The van der Waals surface area contributed by atoms with Crippen molar-refractivity contribution in [3.8, 4) is 0 Å². The van der Waals surface area contributed by atoms with E-state index in [4.69, 9.17) is 4.74 Å². The first kappa shape index (κ1) is 10.5. The van der Waals surface area contributed by atoms with E-state index in [2.05, 4.69) is 31.9 Å². The summed E-state index contributed by atoms with van der Waals surface area (Å²) in [6.45, 7) is 4.11. The number of pyridine rings is 1. The minimum absolute atomic E-state index is 0.419. The summed E-state index contributed by atoms with van der Waals surface area (Å²) in [7, 11) is 0. The highest BCUT2D eigenvalue weighted by Crippen LogP contribution is 2.40. The molecule has 0 aliphatic carbocycles. The van der Waals surface area contributed by atoms with Crippen LogP contribution in [0.1, 0.15) is 12.8 Å². The van der Waals surface area contributed by atoms with Gasteiger partial charge in [-0.1, -0.05) is 0 Å². The Morgan fingerprint density at radius 2 is 2.31 bits per heavy atom. The fourth-order valence-electron chi connectivity index (χ4n) is 2.70. The zero-order chi connectivity index (χ0) is 11.0. The van der Waals surface area contributed by atoms with Gasteiger partial charge in [-0.2, -0.15) is 0 Å². The van der Waals surface area contributed by atoms with Gasteiger partial charge in [0.05, 0.1) is 18.5 Å². The van der Waals surface area contributed by atoms with Crippen molar-refractivity contribution in [2.75, 3.05) is 31.2 Å². The first-order valence-corrected chi connectivity index (χ1v) is 6.50. The molecule has 1 atom stereocenters. The molecule has 1 aromatic heterocycles. The van der Waals surface area contributed by atoms with Gasteiger partial charge >= 0.3 is 0 Å². The van der Waals surface area contributed by atoms with E-state index in [-0.39, 0.29) is 0 Å². The van der Waals surface area contributed by atoms with Gasteiger partial charge in [-0.15, -0.1) is 0 Å². The number of hydrogen-bond acceptors (Lipinski definition) is 3. The van der Waals surface area contributed by atoms with Gasteiger partial charge in [0.15, 0.2) is 0 Å². The molecule has 0 bridgehead atoms. The second-order valence-corrected chi connectivity index (χ2v) is 5.75. The van der Waals surface area contributed by atoms with Crippen LogP contribution in [0.4, 0.5) is 5.69 Å². The average Bonchev–Trinajstić information content (AvgIpc) is 2.90. The smallest absolute Gasteiger partial charge is 0.0564 e. The summed E-state index contributed by atoms with van der Waals surface area (Å²) in [5.74, 6) is 0. The van der Waals surface area contributed by atoms with E-state index in [1.54, 1.807) is 0 Å². The standard InChI is InChI=1S/C12H15BrN2O/c13-10-5-11(7-14-6-10)15-3-1-12(8-15)2-4-16-9-12/h5-7H,1-4,8-9H2. The van der Waals surface area contributed by atoms with Crippen LogP contribution < -0.4 is 4.90 Å². The van der Waals surface area contributed by atoms with Crippen LogP contribution in [-0.2, 0) is 4.74 Å². The Labute approximate surface area is 104 Å². The number of ether oxygens (including phenoxy) is 1. The highest BCUT2D eigenvalue weighted by molar-refractivity contribution is 9.10. The molecule has 0 saturated carbocycles. The molecule has 3 heterocycles. The molecule has 86 valence electrons. The second-order valence-electron chi connectivity index (χ2n) is 4.84. The molecule has 0 N–H and O–H groups in total. The molecule has 3 nitrogen and oxygen atoms in total. The Morgan fingerprint density at radius 1 is 1.38 bits per heavy atom. The van der Waals surface area contributed by atoms with E-state index < -0.39 is 0 Å². The van der Waals surface area contributed by atoms with Crippen LogP contribution in [0.3, 0.4) is 0 Å².